The molecule has 6 nitrogen and oxygen atoms in total. The van der Waals surface area contributed by atoms with E-state index in [-0.39, 0.29) is 6.61 Å². The van der Waals surface area contributed by atoms with E-state index in [0.29, 0.717) is 18.1 Å². The number of nitrogens with zero attached hydrogens (tertiary/aromatic N) is 3. The topological polar surface area (TPSA) is 76.0 Å². The quantitative estimate of drug-likeness (QED) is 0.703. The number of nitrogens with one attached hydrogen (secondary N) is 1. The number of methoxy groups -OCH3 is 1. The summed E-state index contributed by atoms with van der Waals surface area (Å²) >= 11 is 6.22. The van der Waals surface area contributed by atoms with E-state index in [4.69, 9.17) is 21.4 Å². The molecule has 25 heavy (non-hydrogen) atoms. The summed E-state index contributed by atoms with van der Waals surface area (Å²) in [5.41, 5.74) is 4.39. The molecule has 0 atom stereocenters. The maximum absolute atomic E-state index is 8.90. The van der Waals surface area contributed by atoms with Gasteiger partial charge in [0.1, 0.15) is 10.9 Å². The molecule has 3 rings (SSSR count). The lowest BCUT2D eigenvalue weighted by Crippen LogP contribution is -2.05. The lowest BCUT2D eigenvalue weighted by atomic mass is 10.1. The van der Waals surface area contributed by atoms with Gasteiger partial charge in [-0.25, -0.2) is 0 Å². The van der Waals surface area contributed by atoms with Crippen molar-refractivity contribution in [2.24, 2.45) is 0 Å². The van der Waals surface area contributed by atoms with Crippen LogP contribution >= 0.6 is 11.6 Å². The molecular weight excluding hydrogens is 340 g/mol. The van der Waals surface area contributed by atoms with Crippen molar-refractivity contribution in [3.05, 3.63) is 39.9 Å². The van der Waals surface area contributed by atoms with Gasteiger partial charge in [-0.3, -0.25) is 10.1 Å². The van der Waals surface area contributed by atoms with Crippen molar-refractivity contribution >= 4 is 22.6 Å². The number of aromatic amines is 1. The van der Waals surface area contributed by atoms with Crippen molar-refractivity contribution < 1.29 is 9.84 Å². The van der Waals surface area contributed by atoms with E-state index in [1.54, 1.807) is 13.3 Å². The van der Waals surface area contributed by atoms with E-state index in [1.165, 1.54) is 0 Å². The van der Waals surface area contributed by atoms with E-state index in [9.17, 15) is 0 Å². The zero-order valence-corrected chi connectivity index (χ0v) is 15.1. The van der Waals surface area contributed by atoms with Gasteiger partial charge in [-0.05, 0) is 13.8 Å². The van der Waals surface area contributed by atoms with Crippen LogP contribution in [0, 0.1) is 25.7 Å². The molecular formula is C18H19ClN4O2. The molecule has 0 spiro atoms. The number of H-pyrrole nitrogens is 1. The van der Waals surface area contributed by atoms with E-state index in [0.717, 1.165) is 39.2 Å². The van der Waals surface area contributed by atoms with E-state index in [1.807, 2.05) is 24.6 Å². The highest BCUT2D eigenvalue weighted by molar-refractivity contribution is 6.34. The summed E-state index contributed by atoms with van der Waals surface area (Å²) in [5.74, 6) is 6.82. The molecule has 0 fully saturated rings. The van der Waals surface area contributed by atoms with Gasteiger partial charge in [0.25, 0.3) is 0 Å². The number of hydrogen-bond acceptors (Lipinski definition) is 4. The second-order valence-corrected chi connectivity index (χ2v) is 6.11. The Balaban J connectivity index is 2.05. The number of aryl methyl sites for hydroxylation is 1. The molecule has 0 amide bonds. The molecule has 0 bridgehead atoms. The van der Waals surface area contributed by atoms with Crippen LogP contribution in [0.2, 0.25) is 5.15 Å². The average Bonchev–Trinajstić information content (AvgIpc) is 3.13. The van der Waals surface area contributed by atoms with Crippen molar-refractivity contribution in [3.8, 4) is 17.6 Å². The average molecular weight is 359 g/mol. The van der Waals surface area contributed by atoms with Crippen LogP contribution < -0.4 is 4.74 Å². The van der Waals surface area contributed by atoms with Crippen molar-refractivity contribution in [1.82, 2.24) is 19.7 Å². The number of aliphatic hydroxyl groups excluding tert-OH is 1. The number of ether oxygens (including phenoxy) is 1. The number of hydrogen-bond donors (Lipinski definition) is 2. The fourth-order valence-corrected chi connectivity index (χ4v) is 3.09. The number of pyridine rings is 1. The molecule has 3 aromatic heterocycles. The lowest BCUT2D eigenvalue weighted by Gasteiger charge is -2.12. The highest BCUT2D eigenvalue weighted by Crippen LogP contribution is 2.29. The molecule has 7 heteroatoms. The molecule has 3 aromatic rings. The van der Waals surface area contributed by atoms with Gasteiger partial charge in [0.05, 0.1) is 36.9 Å². The van der Waals surface area contributed by atoms with Crippen LogP contribution in [-0.2, 0) is 6.54 Å². The number of fused-ring (bicyclic) bond motifs is 1. The largest absolute Gasteiger partial charge is 0.496 e. The highest BCUT2D eigenvalue weighted by atomic mass is 35.5. The van der Waals surface area contributed by atoms with Crippen LogP contribution in [-0.4, -0.2) is 38.6 Å². The van der Waals surface area contributed by atoms with Gasteiger partial charge >= 0.3 is 0 Å². The third-order valence-corrected chi connectivity index (χ3v) is 4.33. The molecule has 0 radical (unpaired) electrons. The summed E-state index contributed by atoms with van der Waals surface area (Å²) in [6.45, 7) is 4.53. The predicted octanol–water partition coefficient (Wildman–Crippen LogP) is 2.82. The maximum Gasteiger partial charge on any atom is 0.164 e. The SMILES string of the molecule is COc1c(C)cnc(Cn2cc(C#CCCO)c3c(Cl)[nH]nc32)c1C. The second kappa shape index (κ2) is 7.18. The first-order valence-corrected chi connectivity index (χ1v) is 8.26. The van der Waals surface area contributed by atoms with Gasteiger partial charge < -0.3 is 14.4 Å². The normalized spacial score (nSPS) is 10.8. The molecule has 0 aliphatic heterocycles. The Bertz CT molecular complexity index is 979. The second-order valence-electron chi connectivity index (χ2n) is 5.73. The Morgan fingerprint density at radius 2 is 2.20 bits per heavy atom. The van der Waals surface area contributed by atoms with E-state index < -0.39 is 0 Å². The summed E-state index contributed by atoms with van der Waals surface area (Å²) in [6.07, 6.45) is 4.13. The van der Waals surface area contributed by atoms with Crippen LogP contribution in [0.3, 0.4) is 0 Å². The van der Waals surface area contributed by atoms with Crippen LogP contribution in [0.4, 0.5) is 0 Å². The Morgan fingerprint density at radius 1 is 1.40 bits per heavy atom. The van der Waals surface area contributed by atoms with Gasteiger partial charge in [-0.1, -0.05) is 23.4 Å². The van der Waals surface area contributed by atoms with Gasteiger partial charge in [0.15, 0.2) is 5.65 Å². The first-order chi connectivity index (χ1) is 12.1. The van der Waals surface area contributed by atoms with Crippen molar-refractivity contribution in [2.45, 2.75) is 26.8 Å². The predicted molar refractivity (Wildman–Crippen MR) is 97.0 cm³/mol. The third kappa shape index (κ3) is 3.21. The number of rotatable bonds is 4. The molecule has 130 valence electrons. The maximum atomic E-state index is 8.90. The van der Waals surface area contributed by atoms with Crippen LogP contribution in [0.1, 0.15) is 28.8 Å². The third-order valence-electron chi connectivity index (χ3n) is 4.06. The monoisotopic (exact) mass is 358 g/mol. The Hall–Kier alpha value is -2.49. The fraction of sp³-hybridized carbons (Fsp3) is 0.333. The Kier molecular flexibility index (Phi) is 4.98. The standard InChI is InChI=1S/C18H19ClN4O2/c1-11-8-20-14(12(2)16(11)25-3)10-23-9-13(6-4-5-7-24)15-17(19)21-22-18(15)23/h8-9,24H,5,7,10H2,1-3H3,(H,21,22). The number of aromatic nitrogens is 4. The minimum Gasteiger partial charge on any atom is -0.496 e. The first-order valence-electron chi connectivity index (χ1n) is 7.88. The Labute approximate surface area is 150 Å². The molecule has 2 N–H and O–H groups in total. The van der Waals surface area contributed by atoms with Crippen LogP contribution in [0.15, 0.2) is 12.4 Å². The minimum absolute atomic E-state index is 0.0300. The van der Waals surface area contributed by atoms with Crippen LogP contribution in [0.25, 0.3) is 11.0 Å². The molecule has 3 heterocycles. The molecule has 0 aromatic carbocycles. The lowest BCUT2D eigenvalue weighted by molar-refractivity contribution is 0.305. The summed E-state index contributed by atoms with van der Waals surface area (Å²) in [5, 5.41) is 17.2. The zero-order chi connectivity index (χ0) is 18.0. The molecule has 0 saturated heterocycles. The molecule has 0 saturated carbocycles. The number of halogens is 1. The minimum atomic E-state index is 0.0300. The van der Waals surface area contributed by atoms with Gasteiger partial charge in [0.2, 0.25) is 0 Å². The molecule has 0 aliphatic rings. The first kappa shape index (κ1) is 17.3. The summed E-state index contributed by atoms with van der Waals surface area (Å²) in [6, 6.07) is 0. The van der Waals surface area contributed by atoms with Crippen molar-refractivity contribution in [3.63, 3.8) is 0 Å². The van der Waals surface area contributed by atoms with Crippen molar-refractivity contribution in [1.29, 1.82) is 0 Å². The molecule has 0 unspecified atom stereocenters. The van der Waals surface area contributed by atoms with E-state index >= 15 is 0 Å². The van der Waals surface area contributed by atoms with Gasteiger partial charge in [-0.2, -0.15) is 5.10 Å². The summed E-state index contributed by atoms with van der Waals surface area (Å²) in [7, 11) is 1.66. The highest BCUT2D eigenvalue weighted by Gasteiger charge is 2.16. The fourth-order valence-electron chi connectivity index (χ4n) is 2.86. The van der Waals surface area contributed by atoms with Gasteiger partial charge in [-0.15, -0.1) is 0 Å². The van der Waals surface area contributed by atoms with Crippen LogP contribution in [0.5, 0.6) is 5.75 Å². The number of aliphatic hydroxyl groups is 1. The summed E-state index contributed by atoms with van der Waals surface area (Å²) < 4.78 is 7.44. The van der Waals surface area contributed by atoms with E-state index in [2.05, 4.69) is 27.0 Å². The smallest absolute Gasteiger partial charge is 0.164 e. The summed E-state index contributed by atoms with van der Waals surface area (Å²) in [4.78, 5) is 4.54. The zero-order valence-electron chi connectivity index (χ0n) is 14.4. The Morgan fingerprint density at radius 3 is 2.92 bits per heavy atom. The molecule has 0 aliphatic carbocycles. The van der Waals surface area contributed by atoms with Crippen molar-refractivity contribution in [2.75, 3.05) is 13.7 Å². The van der Waals surface area contributed by atoms with Gasteiger partial charge in [0, 0.05) is 29.9 Å².